The molecule has 3 heteroatoms. The van der Waals surface area contributed by atoms with Crippen molar-refractivity contribution >= 4 is 5.91 Å². The summed E-state index contributed by atoms with van der Waals surface area (Å²) in [6.07, 6.45) is 3.88. The molecule has 1 rings (SSSR count). The van der Waals surface area contributed by atoms with Crippen molar-refractivity contribution in [2.24, 2.45) is 11.7 Å². The summed E-state index contributed by atoms with van der Waals surface area (Å²) in [7, 11) is 0. The molecular weight excluding hydrogens is 188 g/mol. The molecule has 1 aliphatic heterocycles. The van der Waals surface area contributed by atoms with Crippen molar-refractivity contribution in [3.8, 4) is 0 Å². The molecule has 0 unspecified atom stereocenters. The van der Waals surface area contributed by atoms with E-state index in [0.717, 1.165) is 25.9 Å². The average Bonchev–Trinajstić information content (AvgIpc) is 2.17. The summed E-state index contributed by atoms with van der Waals surface area (Å²) < 4.78 is 0. The number of nitrogens with two attached hydrogens (primary N) is 1. The second kappa shape index (κ2) is 5.31. The zero-order valence-electron chi connectivity index (χ0n) is 9.99. The summed E-state index contributed by atoms with van der Waals surface area (Å²) >= 11 is 0. The fraction of sp³-hybridized carbons (Fsp3) is 0.750. The molecule has 1 heterocycles. The van der Waals surface area contributed by atoms with Gasteiger partial charge < -0.3 is 10.6 Å². The second-order valence-corrected chi connectivity index (χ2v) is 4.82. The van der Waals surface area contributed by atoms with Gasteiger partial charge in [0.25, 0.3) is 0 Å². The minimum absolute atomic E-state index is 0.104. The fourth-order valence-corrected chi connectivity index (χ4v) is 1.81. The van der Waals surface area contributed by atoms with Crippen molar-refractivity contribution in [3.05, 3.63) is 11.6 Å². The van der Waals surface area contributed by atoms with E-state index in [1.807, 2.05) is 4.90 Å². The van der Waals surface area contributed by atoms with Crippen LogP contribution in [0.1, 0.15) is 33.6 Å². The third kappa shape index (κ3) is 3.67. The van der Waals surface area contributed by atoms with Crippen LogP contribution in [0.5, 0.6) is 0 Å². The van der Waals surface area contributed by atoms with E-state index in [2.05, 4.69) is 26.8 Å². The van der Waals surface area contributed by atoms with E-state index in [1.54, 1.807) is 0 Å². The number of rotatable bonds is 3. The molecule has 0 spiro atoms. The molecular formula is C12H22N2O. The molecule has 0 bridgehead atoms. The monoisotopic (exact) mass is 210 g/mol. The first kappa shape index (κ1) is 12.2. The Balaban J connectivity index is 2.47. The maximum absolute atomic E-state index is 11.9. The van der Waals surface area contributed by atoms with Gasteiger partial charge in [0.1, 0.15) is 0 Å². The Morgan fingerprint density at radius 1 is 1.60 bits per heavy atom. The van der Waals surface area contributed by atoms with E-state index >= 15 is 0 Å². The van der Waals surface area contributed by atoms with Crippen molar-refractivity contribution in [1.29, 1.82) is 0 Å². The summed E-state index contributed by atoms with van der Waals surface area (Å²) in [6.45, 7) is 7.85. The van der Waals surface area contributed by atoms with Crippen LogP contribution in [0.2, 0.25) is 0 Å². The van der Waals surface area contributed by atoms with Crippen molar-refractivity contribution < 1.29 is 4.79 Å². The van der Waals surface area contributed by atoms with Crippen LogP contribution >= 0.6 is 0 Å². The Morgan fingerprint density at radius 3 is 2.73 bits per heavy atom. The standard InChI is InChI=1S/C12H22N2O/c1-9(2)8-11(13)12(15)14-6-4-10(3)5-7-14/h4,9,11H,5-8,13H2,1-3H3/t11-/m0/s1. The number of carbonyl (C=O) groups is 1. The molecule has 0 aromatic rings. The molecule has 0 saturated heterocycles. The molecule has 0 aromatic heterocycles. The van der Waals surface area contributed by atoms with Crippen molar-refractivity contribution in [2.75, 3.05) is 13.1 Å². The molecule has 0 aliphatic carbocycles. The molecule has 2 N–H and O–H groups in total. The van der Waals surface area contributed by atoms with Crippen molar-refractivity contribution in [2.45, 2.75) is 39.7 Å². The van der Waals surface area contributed by atoms with Gasteiger partial charge in [-0.3, -0.25) is 4.79 Å². The summed E-state index contributed by atoms with van der Waals surface area (Å²) in [4.78, 5) is 13.8. The maximum Gasteiger partial charge on any atom is 0.239 e. The lowest BCUT2D eigenvalue weighted by molar-refractivity contribution is -0.132. The van der Waals surface area contributed by atoms with Crippen LogP contribution in [0.3, 0.4) is 0 Å². The molecule has 1 amide bonds. The Labute approximate surface area is 92.3 Å². The molecule has 1 atom stereocenters. The van der Waals surface area contributed by atoms with Gasteiger partial charge in [-0.1, -0.05) is 25.5 Å². The SMILES string of the molecule is CC1=CCN(C(=O)[C@@H](N)CC(C)C)CC1. The van der Waals surface area contributed by atoms with Gasteiger partial charge in [0.15, 0.2) is 0 Å². The van der Waals surface area contributed by atoms with Crippen molar-refractivity contribution in [3.63, 3.8) is 0 Å². The number of hydrogen-bond acceptors (Lipinski definition) is 2. The highest BCUT2D eigenvalue weighted by Crippen LogP contribution is 2.12. The number of amides is 1. The zero-order valence-corrected chi connectivity index (χ0v) is 9.99. The van der Waals surface area contributed by atoms with Gasteiger partial charge in [-0.15, -0.1) is 0 Å². The van der Waals surface area contributed by atoms with Crippen LogP contribution in [-0.2, 0) is 4.79 Å². The molecule has 0 aromatic carbocycles. The third-order valence-corrected chi connectivity index (χ3v) is 2.79. The van der Waals surface area contributed by atoms with Gasteiger partial charge in [-0.25, -0.2) is 0 Å². The highest BCUT2D eigenvalue weighted by Gasteiger charge is 2.22. The third-order valence-electron chi connectivity index (χ3n) is 2.79. The molecule has 0 radical (unpaired) electrons. The Hall–Kier alpha value is -0.830. The van der Waals surface area contributed by atoms with E-state index in [0.29, 0.717) is 5.92 Å². The first-order valence-corrected chi connectivity index (χ1v) is 5.70. The van der Waals surface area contributed by atoms with Crippen LogP contribution in [0.4, 0.5) is 0 Å². The smallest absolute Gasteiger partial charge is 0.239 e. The van der Waals surface area contributed by atoms with E-state index < -0.39 is 0 Å². The second-order valence-electron chi connectivity index (χ2n) is 4.82. The molecule has 0 fully saturated rings. The normalized spacial score (nSPS) is 19.0. The number of nitrogens with zero attached hydrogens (tertiary/aromatic N) is 1. The molecule has 15 heavy (non-hydrogen) atoms. The van der Waals surface area contributed by atoms with Gasteiger partial charge in [-0.2, -0.15) is 0 Å². The summed E-state index contributed by atoms with van der Waals surface area (Å²) in [5.74, 6) is 0.582. The maximum atomic E-state index is 11.9. The van der Waals surface area contributed by atoms with Gasteiger partial charge >= 0.3 is 0 Å². The van der Waals surface area contributed by atoms with Crippen LogP contribution in [0, 0.1) is 5.92 Å². The fourth-order valence-electron chi connectivity index (χ4n) is 1.81. The first-order valence-electron chi connectivity index (χ1n) is 5.70. The van der Waals surface area contributed by atoms with Gasteiger partial charge in [0.05, 0.1) is 6.04 Å². The molecule has 0 saturated carbocycles. The predicted octanol–water partition coefficient (Wildman–Crippen LogP) is 1.54. The van der Waals surface area contributed by atoms with Crippen molar-refractivity contribution in [1.82, 2.24) is 4.90 Å². The van der Waals surface area contributed by atoms with E-state index in [1.165, 1.54) is 5.57 Å². The van der Waals surface area contributed by atoms with Gasteiger partial charge in [-0.05, 0) is 25.7 Å². The molecule has 1 aliphatic rings. The number of hydrogen-bond donors (Lipinski definition) is 1. The lowest BCUT2D eigenvalue weighted by Gasteiger charge is -2.28. The topological polar surface area (TPSA) is 46.3 Å². The van der Waals surface area contributed by atoms with E-state index in [4.69, 9.17) is 5.73 Å². The quantitative estimate of drug-likeness (QED) is 0.718. The highest BCUT2D eigenvalue weighted by atomic mass is 16.2. The lowest BCUT2D eigenvalue weighted by atomic mass is 10.0. The van der Waals surface area contributed by atoms with Gasteiger partial charge in [0, 0.05) is 13.1 Å². The van der Waals surface area contributed by atoms with E-state index in [-0.39, 0.29) is 11.9 Å². The van der Waals surface area contributed by atoms with E-state index in [9.17, 15) is 4.79 Å². The van der Waals surface area contributed by atoms with Crippen LogP contribution < -0.4 is 5.73 Å². The largest absolute Gasteiger partial charge is 0.337 e. The predicted molar refractivity (Wildman–Crippen MR) is 62.4 cm³/mol. The average molecular weight is 210 g/mol. The van der Waals surface area contributed by atoms with Crippen LogP contribution in [0.25, 0.3) is 0 Å². The number of carbonyl (C=O) groups excluding carboxylic acids is 1. The summed E-state index contributed by atoms with van der Waals surface area (Å²) in [5, 5.41) is 0. The zero-order chi connectivity index (χ0) is 11.4. The minimum Gasteiger partial charge on any atom is -0.337 e. The summed E-state index contributed by atoms with van der Waals surface area (Å²) in [6, 6.07) is -0.322. The summed E-state index contributed by atoms with van der Waals surface area (Å²) in [5.41, 5.74) is 7.24. The van der Waals surface area contributed by atoms with Crippen LogP contribution in [-0.4, -0.2) is 29.9 Å². The highest BCUT2D eigenvalue weighted by molar-refractivity contribution is 5.82. The first-order chi connectivity index (χ1) is 7.00. The Kier molecular flexibility index (Phi) is 4.33. The molecule has 86 valence electrons. The van der Waals surface area contributed by atoms with Gasteiger partial charge in [0.2, 0.25) is 5.91 Å². The van der Waals surface area contributed by atoms with Crippen LogP contribution in [0.15, 0.2) is 11.6 Å². The molecule has 3 nitrogen and oxygen atoms in total. The Morgan fingerprint density at radius 2 is 2.27 bits per heavy atom. The minimum atomic E-state index is -0.322. The Bertz CT molecular complexity index is 258. The lowest BCUT2D eigenvalue weighted by Crippen LogP contribution is -2.45.